The Hall–Kier alpha value is -1.59. The van der Waals surface area contributed by atoms with Gasteiger partial charge in [0.1, 0.15) is 5.60 Å². The van der Waals surface area contributed by atoms with Gasteiger partial charge in [0, 0.05) is 17.8 Å². The van der Waals surface area contributed by atoms with Crippen LogP contribution in [0.3, 0.4) is 0 Å². The van der Waals surface area contributed by atoms with Gasteiger partial charge < -0.3 is 19.9 Å². The SMILES string of the molecule is CC(C)(C)OC(=O)NC1C=CC2=CC3=CC[C@@]4(C)[C@@H](CC[C@@H]4O)[C@@]34CC[C@]2(C1)O4. The highest BCUT2D eigenvalue weighted by atomic mass is 16.6. The standard InChI is InChI=1S/C24H33NO4/c1-21(2,3)28-20(27)25-17-6-5-15-13-16-9-10-22(4)18(7-8-19(22)26)24(16)12-11-23(15,14-17)29-24/h5-6,9,13,17-19,26H,7-8,10-12,14H2,1-4H3,(H,25,27)/t17?,18-,19+,22+,23-,24-/m1/s1. The van der Waals surface area contributed by atoms with E-state index in [4.69, 9.17) is 9.47 Å². The van der Waals surface area contributed by atoms with E-state index < -0.39 is 5.60 Å². The normalized spacial score (nSPS) is 44.9. The fourth-order valence-corrected chi connectivity index (χ4v) is 6.60. The summed E-state index contributed by atoms with van der Waals surface area (Å²) >= 11 is 0. The van der Waals surface area contributed by atoms with E-state index in [0.717, 1.165) is 38.5 Å². The van der Waals surface area contributed by atoms with Crippen molar-refractivity contribution in [2.75, 3.05) is 0 Å². The monoisotopic (exact) mass is 399 g/mol. The quantitative estimate of drug-likeness (QED) is 0.694. The molecule has 1 unspecified atom stereocenters. The lowest BCUT2D eigenvalue weighted by Crippen LogP contribution is -2.55. The molecular formula is C24H33NO4. The zero-order valence-corrected chi connectivity index (χ0v) is 18.0. The third-order valence-electron chi connectivity index (χ3n) is 7.97. The smallest absolute Gasteiger partial charge is 0.408 e. The number of rotatable bonds is 1. The third kappa shape index (κ3) is 2.77. The molecule has 1 saturated heterocycles. The molecule has 2 spiro atoms. The topological polar surface area (TPSA) is 67.8 Å². The first-order valence-electron chi connectivity index (χ1n) is 11.1. The van der Waals surface area contributed by atoms with Crippen LogP contribution in [-0.4, -0.2) is 40.1 Å². The maximum Gasteiger partial charge on any atom is 0.408 e. The van der Waals surface area contributed by atoms with Gasteiger partial charge in [-0.05, 0) is 64.0 Å². The van der Waals surface area contributed by atoms with Crippen LogP contribution in [0.15, 0.2) is 35.5 Å². The first-order valence-corrected chi connectivity index (χ1v) is 11.1. The van der Waals surface area contributed by atoms with Gasteiger partial charge >= 0.3 is 6.09 Å². The minimum absolute atomic E-state index is 0.0982. The first-order chi connectivity index (χ1) is 13.6. The third-order valence-corrected chi connectivity index (χ3v) is 7.97. The lowest BCUT2D eigenvalue weighted by Gasteiger charge is -2.53. The number of alkyl carbamates (subject to hydrolysis) is 1. The highest BCUT2D eigenvalue weighted by molar-refractivity contribution is 5.68. The lowest BCUT2D eigenvalue weighted by molar-refractivity contribution is -0.138. The number of allylic oxidation sites excluding steroid dienone is 1. The number of carbonyl (C=O) groups excluding carboxylic acids is 1. The molecule has 0 aromatic rings. The first kappa shape index (κ1) is 19.4. The molecule has 5 heteroatoms. The molecule has 2 N–H and O–H groups in total. The number of hydrogen-bond donors (Lipinski definition) is 2. The predicted octanol–water partition coefficient (Wildman–Crippen LogP) is 4.17. The number of aliphatic hydroxyl groups is 1. The summed E-state index contributed by atoms with van der Waals surface area (Å²) in [5.74, 6) is 0.352. The minimum atomic E-state index is -0.514. The minimum Gasteiger partial charge on any atom is -0.444 e. The summed E-state index contributed by atoms with van der Waals surface area (Å²) in [7, 11) is 0. The number of amides is 1. The maximum absolute atomic E-state index is 12.3. The van der Waals surface area contributed by atoms with Gasteiger partial charge in [-0.3, -0.25) is 0 Å². The Morgan fingerprint density at radius 2 is 2.07 bits per heavy atom. The van der Waals surface area contributed by atoms with Crippen LogP contribution < -0.4 is 5.32 Å². The number of hydrogen-bond acceptors (Lipinski definition) is 4. The number of aliphatic hydroxyl groups excluding tert-OH is 1. The van der Waals surface area contributed by atoms with Crippen molar-refractivity contribution >= 4 is 6.09 Å². The molecule has 5 aliphatic rings. The van der Waals surface area contributed by atoms with E-state index in [2.05, 4.69) is 36.5 Å². The Balaban J connectivity index is 1.43. The van der Waals surface area contributed by atoms with Gasteiger partial charge in [-0.2, -0.15) is 0 Å². The van der Waals surface area contributed by atoms with Gasteiger partial charge in [0.05, 0.1) is 23.3 Å². The van der Waals surface area contributed by atoms with Crippen LogP contribution in [0.25, 0.3) is 0 Å². The van der Waals surface area contributed by atoms with Crippen molar-refractivity contribution in [1.82, 2.24) is 5.32 Å². The predicted molar refractivity (Wildman–Crippen MR) is 110 cm³/mol. The summed E-state index contributed by atoms with van der Waals surface area (Å²) in [5.41, 5.74) is 1.29. The van der Waals surface area contributed by atoms with Crippen molar-refractivity contribution < 1.29 is 19.4 Å². The number of fused-ring (bicyclic) bond motifs is 1. The number of nitrogens with one attached hydrogen (secondary N) is 1. The van der Waals surface area contributed by atoms with Gasteiger partial charge in [0.15, 0.2) is 0 Å². The van der Waals surface area contributed by atoms with Crippen LogP contribution in [0.2, 0.25) is 0 Å². The van der Waals surface area contributed by atoms with Crippen molar-refractivity contribution in [3.05, 3.63) is 35.5 Å². The second kappa shape index (κ2) is 5.98. The van der Waals surface area contributed by atoms with Crippen LogP contribution >= 0.6 is 0 Å². The fraction of sp³-hybridized carbons (Fsp3) is 0.708. The summed E-state index contributed by atoms with van der Waals surface area (Å²) < 4.78 is 12.5. The van der Waals surface area contributed by atoms with Crippen molar-refractivity contribution in [3.63, 3.8) is 0 Å². The van der Waals surface area contributed by atoms with Gasteiger partial charge in [0.25, 0.3) is 0 Å². The molecule has 6 atom stereocenters. The zero-order chi connectivity index (χ0) is 20.7. The van der Waals surface area contributed by atoms with Crippen LogP contribution in [-0.2, 0) is 9.47 Å². The van der Waals surface area contributed by atoms with E-state index in [9.17, 15) is 9.90 Å². The van der Waals surface area contributed by atoms with Crippen molar-refractivity contribution in [2.24, 2.45) is 11.3 Å². The Bertz CT molecular complexity index is 836. The summed E-state index contributed by atoms with van der Waals surface area (Å²) in [4.78, 5) is 12.3. The summed E-state index contributed by atoms with van der Waals surface area (Å²) in [6.45, 7) is 7.85. The second-order valence-corrected chi connectivity index (χ2v) is 10.9. The summed E-state index contributed by atoms with van der Waals surface area (Å²) in [5, 5.41) is 13.7. The number of carbonyl (C=O) groups is 1. The van der Waals surface area contributed by atoms with Crippen LogP contribution in [0, 0.1) is 11.3 Å². The summed E-state index contributed by atoms with van der Waals surface area (Å²) in [6, 6.07) is -0.105. The molecule has 2 heterocycles. The maximum atomic E-state index is 12.3. The highest BCUT2D eigenvalue weighted by Crippen LogP contribution is 2.65. The molecule has 158 valence electrons. The summed E-state index contributed by atoms with van der Waals surface area (Å²) in [6.07, 6.45) is 13.7. The van der Waals surface area contributed by atoms with Gasteiger partial charge in [-0.25, -0.2) is 4.79 Å². The molecule has 0 aromatic heterocycles. The lowest BCUT2D eigenvalue weighted by atomic mass is 9.60. The second-order valence-electron chi connectivity index (χ2n) is 10.9. The van der Waals surface area contributed by atoms with Gasteiger partial charge in [-0.15, -0.1) is 0 Å². The average molecular weight is 400 g/mol. The molecule has 5 rings (SSSR count). The fourth-order valence-electron chi connectivity index (χ4n) is 6.60. The van der Waals surface area contributed by atoms with Crippen molar-refractivity contribution in [1.29, 1.82) is 0 Å². The van der Waals surface area contributed by atoms with Crippen LogP contribution in [0.4, 0.5) is 4.79 Å². The van der Waals surface area contributed by atoms with E-state index in [1.165, 1.54) is 11.1 Å². The molecule has 1 saturated carbocycles. The molecule has 5 nitrogen and oxygen atoms in total. The van der Waals surface area contributed by atoms with Crippen LogP contribution in [0.1, 0.15) is 66.2 Å². The number of ether oxygens (including phenoxy) is 2. The Morgan fingerprint density at radius 1 is 1.28 bits per heavy atom. The largest absolute Gasteiger partial charge is 0.444 e. The molecule has 2 bridgehead atoms. The van der Waals surface area contributed by atoms with Crippen molar-refractivity contribution in [3.8, 4) is 0 Å². The van der Waals surface area contributed by atoms with E-state index in [1.54, 1.807) is 0 Å². The molecule has 3 aliphatic carbocycles. The molecule has 1 amide bonds. The highest BCUT2D eigenvalue weighted by Gasteiger charge is 2.66. The van der Waals surface area contributed by atoms with Crippen LogP contribution in [0.5, 0.6) is 0 Å². The molecule has 29 heavy (non-hydrogen) atoms. The molecule has 0 aromatic carbocycles. The van der Waals surface area contributed by atoms with E-state index >= 15 is 0 Å². The molecular weight excluding hydrogens is 366 g/mol. The Labute approximate surface area is 173 Å². The Kier molecular flexibility index (Phi) is 3.99. The Morgan fingerprint density at radius 3 is 2.83 bits per heavy atom. The average Bonchev–Trinajstić information content (AvgIpc) is 3.08. The molecule has 2 aliphatic heterocycles. The van der Waals surface area contributed by atoms with E-state index in [0.29, 0.717) is 5.92 Å². The van der Waals surface area contributed by atoms with Gasteiger partial charge in [0.2, 0.25) is 0 Å². The zero-order valence-electron chi connectivity index (χ0n) is 18.0. The van der Waals surface area contributed by atoms with E-state index in [1.807, 2.05) is 20.8 Å². The van der Waals surface area contributed by atoms with Crippen molar-refractivity contribution in [2.45, 2.75) is 95.2 Å². The molecule has 0 radical (unpaired) electrons. The van der Waals surface area contributed by atoms with E-state index in [-0.39, 0.29) is 34.9 Å². The van der Waals surface area contributed by atoms with Gasteiger partial charge in [-0.1, -0.05) is 31.2 Å². The molecule has 2 fully saturated rings.